The zero-order chi connectivity index (χ0) is 12.7. The Morgan fingerprint density at radius 1 is 1.41 bits per heavy atom. The second-order valence-electron chi connectivity index (χ2n) is 4.28. The molecule has 94 valence electrons. The molecule has 1 aromatic rings. The lowest BCUT2D eigenvalue weighted by Crippen LogP contribution is -2.22. The summed E-state index contributed by atoms with van der Waals surface area (Å²) in [6, 6.07) is 8.42. The van der Waals surface area contributed by atoms with Gasteiger partial charge in [-0.05, 0) is 26.5 Å². The highest BCUT2D eigenvalue weighted by Gasteiger charge is 2.05. The van der Waals surface area contributed by atoms with Crippen molar-refractivity contribution in [3.63, 3.8) is 0 Å². The van der Waals surface area contributed by atoms with Gasteiger partial charge in [-0.15, -0.1) is 0 Å². The van der Waals surface area contributed by atoms with E-state index >= 15 is 0 Å². The number of nitrogens with zero attached hydrogens (tertiary/aromatic N) is 1. The van der Waals surface area contributed by atoms with Gasteiger partial charge in [0.2, 0.25) is 0 Å². The van der Waals surface area contributed by atoms with Crippen LogP contribution >= 0.6 is 0 Å². The zero-order valence-electron chi connectivity index (χ0n) is 10.9. The summed E-state index contributed by atoms with van der Waals surface area (Å²) in [6.07, 6.45) is 0.455. The Labute approximate surface area is 103 Å². The summed E-state index contributed by atoms with van der Waals surface area (Å²) in [6.45, 7) is 5.96. The fourth-order valence-electron chi connectivity index (χ4n) is 1.72. The number of carbonyl (C=O) groups is 1. The minimum absolute atomic E-state index is 0.122. The number of carbonyl (C=O) groups excluding carboxylic acids is 1. The van der Waals surface area contributed by atoms with Crippen molar-refractivity contribution in [3.8, 4) is 0 Å². The molecule has 0 radical (unpaired) electrons. The van der Waals surface area contributed by atoms with Gasteiger partial charge in [-0.2, -0.15) is 0 Å². The van der Waals surface area contributed by atoms with Crippen LogP contribution in [-0.2, 0) is 16.1 Å². The van der Waals surface area contributed by atoms with E-state index in [9.17, 15) is 4.79 Å². The third-order valence-electron chi connectivity index (χ3n) is 2.54. The van der Waals surface area contributed by atoms with Crippen molar-refractivity contribution in [2.45, 2.75) is 26.8 Å². The number of rotatable bonds is 6. The first kappa shape index (κ1) is 13.7. The van der Waals surface area contributed by atoms with Crippen LogP contribution in [0.3, 0.4) is 0 Å². The molecule has 0 aliphatic rings. The quantitative estimate of drug-likeness (QED) is 0.709. The normalized spacial score (nSPS) is 10.6. The Kier molecular flexibility index (Phi) is 5.70. The van der Waals surface area contributed by atoms with E-state index in [0.29, 0.717) is 13.0 Å². The van der Waals surface area contributed by atoms with Gasteiger partial charge in [-0.25, -0.2) is 0 Å². The Balaban J connectivity index is 2.34. The first-order valence-electron chi connectivity index (χ1n) is 6.01. The second kappa shape index (κ2) is 7.07. The van der Waals surface area contributed by atoms with Crippen molar-refractivity contribution in [1.82, 2.24) is 4.90 Å². The van der Waals surface area contributed by atoms with E-state index in [0.717, 1.165) is 13.1 Å². The molecule has 1 aromatic carbocycles. The smallest absolute Gasteiger partial charge is 0.307 e. The Bertz CT molecular complexity index is 363. The molecule has 0 heterocycles. The second-order valence-corrected chi connectivity index (χ2v) is 4.28. The lowest BCUT2D eigenvalue weighted by atomic mass is 10.1. The van der Waals surface area contributed by atoms with Gasteiger partial charge < -0.3 is 9.64 Å². The van der Waals surface area contributed by atoms with Crippen molar-refractivity contribution in [2.75, 3.05) is 20.2 Å². The molecule has 0 spiro atoms. The number of hydrogen-bond donors (Lipinski definition) is 0. The molecule has 3 nitrogen and oxygen atoms in total. The molecule has 0 fully saturated rings. The average Bonchev–Trinajstić information content (AvgIpc) is 2.27. The largest absolute Gasteiger partial charge is 0.466 e. The van der Waals surface area contributed by atoms with Crippen LogP contribution < -0.4 is 0 Å². The standard InChI is InChI=1S/C14H21NO2/c1-4-17-14(16)8-9-15(3)11-13-7-5-6-12(2)10-13/h5-7,10H,4,8-9,11H2,1-3H3. The first-order valence-corrected chi connectivity index (χ1v) is 6.01. The lowest BCUT2D eigenvalue weighted by molar-refractivity contribution is -0.143. The molecule has 0 amide bonds. The van der Waals surface area contributed by atoms with E-state index in [1.54, 1.807) is 0 Å². The average molecular weight is 235 g/mol. The number of benzene rings is 1. The van der Waals surface area contributed by atoms with E-state index in [2.05, 4.69) is 36.1 Å². The van der Waals surface area contributed by atoms with Gasteiger partial charge in [-0.3, -0.25) is 4.79 Å². The zero-order valence-corrected chi connectivity index (χ0v) is 10.9. The van der Waals surface area contributed by atoms with Gasteiger partial charge in [0, 0.05) is 13.1 Å². The monoisotopic (exact) mass is 235 g/mol. The number of hydrogen-bond acceptors (Lipinski definition) is 3. The molecular weight excluding hydrogens is 214 g/mol. The van der Waals surface area contributed by atoms with Crippen LogP contribution in [0.2, 0.25) is 0 Å². The predicted molar refractivity (Wildman–Crippen MR) is 68.8 cm³/mol. The fourth-order valence-corrected chi connectivity index (χ4v) is 1.72. The number of aryl methyl sites for hydroxylation is 1. The third-order valence-corrected chi connectivity index (χ3v) is 2.54. The van der Waals surface area contributed by atoms with Crippen molar-refractivity contribution in [1.29, 1.82) is 0 Å². The van der Waals surface area contributed by atoms with E-state index in [4.69, 9.17) is 4.74 Å². The van der Waals surface area contributed by atoms with Gasteiger partial charge in [0.05, 0.1) is 13.0 Å². The SMILES string of the molecule is CCOC(=O)CCN(C)Cc1cccc(C)c1. The molecule has 0 aliphatic carbocycles. The molecule has 17 heavy (non-hydrogen) atoms. The Hall–Kier alpha value is -1.35. The minimum atomic E-state index is -0.122. The molecule has 0 N–H and O–H groups in total. The van der Waals surface area contributed by atoms with Gasteiger partial charge in [-0.1, -0.05) is 29.8 Å². The van der Waals surface area contributed by atoms with Gasteiger partial charge in [0.25, 0.3) is 0 Å². The first-order chi connectivity index (χ1) is 8.11. The summed E-state index contributed by atoms with van der Waals surface area (Å²) >= 11 is 0. The van der Waals surface area contributed by atoms with Crippen LogP contribution in [-0.4, -0.2) is 31.1 Å². The summed E-state index contributed by atoms with van der Waals surface area (Å²) in [5, 5.41) is 0. The molecular formula is C14H21NO2. The molecule has 0 aromatic heterocycles. The van der Waals surface area contributed by atoms with Gasteiger partial charge in [0.1, 0.15) is 0 Å². The molecule has 0 aliphatic heterocycles. The molecule has 1 rings (SSSR count). The predicted octanol–water partition coefficient (Wildman–Crippen LogP) is 2.38. The Morgan fingerprint density at radius 3 is 2.82 bits per heavy atom. The molecule has 0 bridgehead atoms. The Morgan fingerprint density at radius 2 is 2.18 bits per heavy atom. The van der Waals surface area contributed by atoms with E-state index in [1.165, 1.54) is 11.1 Å². The highest BCUT2D eigenvalue weighted by atomic mass is 16.5. The van der Waals surface area contributed by atoms with E-state index < -0.39 is 0 Å². The fraction of sp³-hybridized carbons (Fsp3) is 0.500. The van der Waals surface area contributed by atoms with Crippen molar-refractivity contribution in [3.05, 3.63) is 35.4 Å². The van der Waals surface area contributed by atoms with E-state index in [1.807, 2.05) is 14.0 Å². The van der Waals surface area contributed by atoms with Crippen LogP contribution in [0.25, 0.3) is 0 Å². The van der Waals surface area contributed by atoms with Crippen LogP contribution in [0.5, 0.6) is 0 Å². The van der Waals surface area contributed by atoms with Gasteiger partial charge >= 0.3 is 5.97 Å². The highest BCUT2D eigenvalue weighted by Crippen LogP contribution is 2.06. The highest BCUT2D eigenvalue weighted by molar-refractivity contribution is 5.69. The lowest BCUT2D eigenvalue weighted by Gasteiger charge is -2.16. The van der Waals surface area contributed by atoms with Crippen LogP contribution in [0.4, 0.5) is 0 Å². The maximum Gasteiger partial charge on any atom is 0.307 e. The minimum Gasteiger partial charge on any atom is -0.466 e. The maximum absolute atomic E-state index is 11.2. The molecule has 0 atom stereocenters. The third kappa shape index (κ3) is 5.50. The maximum atomic E-state index is 11.2. The molecule has 0 saturated heterocycles. The molecule has 0 unspecified atom stereocenters. The van der Waals surface area contributed by atoms with Crippen molar-refractivity contribution >= 4 is 5.97 Å². The summed E-state index contributed by atoms with van der Waals surface area (Å²) in [5.41, 5.74) is 2.54. The topological polar surface area (TPSA) is 29.5 Å². The number of esters is 1. The van der Waals surface area contributed by atoms with Gasteiger partial charge in [0.15, 0.2) is 0 Å². The van der Waals surface area contributed by atoms with Crippen molar-refractivity contribution < 1.29 is 9.53 Å². The molecule has 3 heteroatoms. The van der Waals surface area contributed by atoms with E-state index in [-0.39, 0.29) is 5.97 Å². The van der Waals surface area contributed by atoms with Crippen LogP contribution in [0.1, 0.15) is 24.5 Å². The summed E-state index contributed by atoms with van der Waals surface area (Å²) in [7, 11) is 2.02. The number of ether oxygens (including phenoxy) is 1. The van der Waals surface area contributed by atoms with Crippen LogP contribution in [0, 0.1) is 6.92 Å². The summed E-state index contributed by atoms with van der Waals surface area (Å²) in [5.74, 6) is -0.122. The summed E-state index contributed by atoms with van der Waals surface area (Å²) in [4.78, 5) is 13.3. The molecule has 0 saturated carbocycles. The van der Waals surface area contributed by atoms with Crippen molar-refractivity contribution in [2.24, 2.45) is 0 Å². The van der Waals surface area contributed by atoms with Crippen LogP contribution in [0.15, 0.2) is 24.3 Å². The summed E-state index contributed by atoms with van der Waals surface area (Å²) < 4.78 is 4.90.